The highest BCUT2D eigenvalue weighted by Gasteiger charge is 2.13. The highest BCUT2D eigenvalue weighted by atomic mass is 19.1. The molecule has 2 aromatic carbocycles. The Morgan fingerprint density at radius 1 is 1.12 bits per heavy atom. The number of nitrogens with zero attached hydrogens (tertiary/aromatic N) is 3. The molecule has 0 spiro atoms. The number of nitrogens with one attached hydrogen (secondary N) is 1. The van der Waals surface area contributed by atoms with Gasteiger partial charge in [-0.15, -0.1) is 0 Å². The van der Waals surface area contributed by atoms with Crippen LogP contribution in [-0.2, 0) is 6.54 Å². The first-order valence-corrected chi connectivity index (χ1v) is 8.94. The molecule has 0 radical (unpaired) electrons. The van der Waals surface area contributed by atoms with E-state index in [1.807, 2.05) is 12.4 Å². The first-order valence-electron chi connectivity index (χ1n) is 8.94. The summed E-state index contributed by atoms with van der Waals surface area (Å²) in [6, 6.07) is 11.5. The summed E-state index contributed by atoms with van der Waals surface area (Å²) in [7, 11) is 0. The average Bonchev–Trinajstić information content (AvgIpc) is 3.31. The molecule has 1 N–H and O–H groups in total. The smallest absolute Gasteiger partial charge is 0.255 e. The van der Waals surface area contributed by atoms with Crippen LogP contribution in [0.4, 0.5) is 10.1 Å². The molecule has 2 heterocycles. The van der Waals surface area contributed by atoms with Crippen LogP contribution >= 0.6 is 0 Å². The Hall–Kier alpha value is -2.73. The Balaban J connectivity index is 1.49. The van der Waals surface area contributed by atoms with E-state index in [1.54, 1.807) is 30.3 Å². The molecule has 0 aliphatic carbocycles. The molecule has 4 rings (SSSR count). The third-order valence-electron chi connectivity index (χ3n) is 4.86. The summed E-state index contributed by atoms with van der Waals surface area (Å²) in [5, 5.41) is 2.61. The summed E-state index contributed by atoms with van der Waals surface area (Å²) in [5.41, 5.74) is 2.42. The Labute approximate surface area is 151 Å². The number of amides is 1. The van der Waals surface area contributed by atoms with E-state index in [-0.39, 0.29) is 11.6 Å². The minimum atomic E-state index is -0.451. The maximum Gasteiger partial charge on any atom is 0.255 e. The quantitative estimate of drug-likeness (QED) is 0.764. The number of carbonyl (C=O) groups excluding carboxylic acids is 1. The lowest BCUT2D eigenvalue weighted by Gasteiger charge is -2.15. The molecule has 0 saturated carbocycles. The van der Waals surface area contributed by atoms with Gasteiger partial charge in [0.1, 0.15) is 5.82 Å². The number of fused-ring (bicyclic) bond motifs is 1. The number of anilines is 1. The number of hydrogen-bond acceptors (Lipinski definition) is 3. The van der Waals surface area contributed by atoms with Gasteiger partial charge in [-0.3, -0.25) is 4.79 Å². The van der Waals surface area contributed by atoms with E-state index >= 15 is 0 Å². The van der Waals surface area contributed by atoms with Gasteiger partial charge >= 0.3 is 0 Å². The molecule has 0 bridgehead atoms. The summed E-state index contributed by atoms with van der Waals surface area (Å²) in [4.78, 5) is 19.3. The third kappa shape index (κ3) is 3.46. The highest BCUT2D eigenvalue weighted by Crippen LogP contribution is 2.18. The molecule has 1 amide bonds. The number of aromatic nitrogens is 2. The Morgan fingerprint density at radius 2 is 1.92 bits per heavy atom. The van der Waals surface area contributed by atoms with Crippen LogP contribution < -0.4 is 5.32 Å². The molecular formula is C20H21FN4O. The first-order chi connectivity index (χ1) is 12.7. The van der Waals surface area contributed by atoms with E-state index in [0.717, 1.165) is 24.1 Å². The van der Waals surface area contributed by atoms with Crippen LogP contribution in [0.25, 0.3) is 11.0 Å². The van der Waals surface area contributed by atoms with Crippen LogP contribution in [0.5, 0.6) is 0 Å². The second-order valence-corrected chi connectivity index (χ2v) is 6.62. The number of rotatable bonds is 5. The van der Waals surface area contributed by atoms with Crippen LogP contribution in [0.3, 0.4) is 0 Å². The van der Waals surface area contributed by atoms with Gasteiger partial charge in [-0.2, -0.15) is 0 Å². The fraction of sp³-hybridized carbons (Fsp3) is 0.300. The van der Waals surface area contributed by atoms with Crippen molar-refractivity contribution in [3.05, 3.63) is 60.2 Å². The average molecular weight is 352 g/mol. The number of halogens is 1. The van der Waals surface area contributed by atoms with Crippen LogP contribution in [0, 0.1) is 5.82 Å². The summed E-state index contributed by atoms with van der Waals surface area (Å²) in [6.07, 6.45) is 4.38. The molecule has 1 aliphatic heterocycles. The maximum atomic E-state index is 13.7. The predicted octanol–water partition coefficient (Wildman–Crippen LogP) is 3.52. The molecule has 0 unspecified atom stereocenters. The van der Waals surface area contributed by atoms with Crippen molar-refractivity contribution in [2.45, 2.75) is 19.4 Å². The van der Waals surface area contributed by atoms with Crippen molar-refractivity contribution in [3.63, 3.8) is 0 Å². The predicted molar refractivity (Wildman–Crippen MR) is 99.8 cm³/mol. The van der Waals surface area contributed by atoms with Crippen molar-refractivity contribution in [2.75, 3.05) is 25.0 Å². The summed E-state index contributed by atoms with van der Waals surface area (Å²) in [5.74, 6) is -0.795. The summed E-state index contributed by atoms with van der Waals surface area (Å²) >= 11 is 0. The Bertz CT molecular complexity index is 930. The molecule has 3 aromatic rings. The molecule has 1 saturated heterocycles. The van der Waals surface area contributed by atoms with Crippen LogP contribution in [0.1, 0.15) is 23.2 Å². The molecule has 134 valence electrons. The maximum absolute atomic E-state index is 13.7. The van der Waals surface area contributed by atoms with Gasteiger partial charge < -0.3 is 14.8 Å². The molecule has 1 fully saturated rings. The van der Waals surface area contributed by atoms with Gasteiger partial charge in [-0.05, 0) is 56.3 Å². The summed E-state index contributed by atoms with van der Waals surface area (Å²) in [6.45, 7) is 4.25. The topological polar surface area (TPSA) is 50.2 Å². The monoisotopic (exact) mass is 352 g/mol. The molecule has 0 atom stereocenters. The number of hydrogen-bond donors (Lipinski definition) is 1. The number of para-hydroxylation sites is 1. The van der Waals surface area contributed by atoms with Gasteiger partial charge in [0.2, 0.25) is 0 Å². The molecule has 26 heavy (non-hydrogen) atoms. The Morgan fingerprint density at radius 3 is 2.73 bits per heavy atom. The largest absolute Gasteiger partial charge is 0.329 e. The van der Waals surface area contributed by atoms with Gasteiger partial charge in [-0.25, -0.2) is 9.37 Å². The van der Waals surface area contributed by atoms with E-state index in [0.29, 0.717) is 5.56 Å². The lowest BCUT2D eigenvalue weighted by molar-refractivity contribution is 0.102. The SMILES string of the molecule is O=C(Nc1ccccc1F)c1ccc2c(c1)ncn2CCN1CCCC1. The van der Waals surface area contributed by atoms with Gasteiger partial charge in [0.25, 0.3) is 5.91 Å². The zero-order valence-electron chi connectivity index (χ0n) is 14.5. The molecule has 1 aromatic heterocycles. The van der Waals surface area contributed by atoms with Crippen molar-refractivity contribution in [1.29, 1.82) is 0 Å². The van der Waals surface area contributed by atoms with Crippen molar-refractivity contribution in [1.82, 2.24) is 14.5 Å². The molecule has 5 nitrogen and oxygen atoms in total. The lowest BCUT2D eigenvalue weighted by atomic mass is 10.1. The minimum absolute atomic E-state index is 0.175. The van der Waals surface area contributed by atoms with E-state index in [9.17, 15) is 9.18 Å². The second kappa shape index (κ2) is 7.25. The number of imidazole rings is 1. The highest BCUT2D eigenvalue weighted by molar-refractivity contribution is 6.06. The van der Waals surface area contributed by atoms with Crippen LogP contribution in [-0.4, -0.2) is 40.0 Å². The zero-order valence-corrected chi connectivity index (χ0v) is 14.5. The van der Waals surface area contributed by atoms with Crippen LogP contribution in [0.15, 0.2) is 48.8 Å². The minimum Gasteiger partial charge on any atom is -0.329 e. The van der Waals surface area contributed by atoms with Crippen LogP contribution in [0.2, 0.25) is 0 Å². The van der Waals surface area contributed by atoms with E-state index in [1.165, 1.54) is 32.0 Å². The van der Waals surface area contributed by atoms with Gasteiger partial charge in [0.15, 0.2) is 0 Å². The molecular weight excluding hydrogens is 331 g/mol. The Kier molecular flexibility index (Phi) is 4.67. The lowest BCUT2D eigenvalue weighted by Crippen LogP contribution is -2.23. The zero-order chi connectivity index (χ0) is 17.9. The van der Waals surface area contributed by atoms with Gasteiger partial charge in [-0.1, -0.05) is 12.1 Å². The first kappa shape index (κ1) is 16.7. The van der Waals surface area contributed by atoms with E-state index in [4.69, 9.17) is 0 Å². The van der Waals surface area contributed by atoms with E-state index < -0.39 is 5.82 Å². The van der Waals surface area contributed by atoms with Gasteiger partial charge in [0, 0.05) is 18.7 Å². The molecule has 6 heteroatoms. The third-order valence-corrected chi connectivity index (χ3v) is 4.86. The fourth-order valence-electron chi connectivity index (χ4n) is 3.40. The number of carbonyl (C=O) groups is 1. The molecule has 1 aliphatic rings. The normalized spacial score (nSPS) is 14.8. The van der Waals surface area contributed by atoms with Crippen molar-refractivity contribution in [3.8, 4) is 0 Å². The number of likely N-dealkylation sites (tertiary alicyclic amines) is 1. The number of benzene rings is 2. The van der Waals surface area contributed by atoms with Gasteiger partial charge in [0.05, 0.1) is 23.0 Å². The standard InChI is InChI=1S/C20H21FN4O/c21-16-5-1-2-6-17(16)23-20(26)15-7-8-19-18(13-15)22-14-25(19)12-11-24-9-3-4-10-24/h1-2,5-8,13-14H,3-4,9-12H2,(H,23,26). The fourth-order valence-corrected chi connectivity index (χ4v) is 3.40. The van der Waals surface area contributed by atoms with Crippen molar-refractivity contribution < 1.29 is 9.18 Å². The van der Waals surface area contributed by atoms with E-state index in [2.05, 4.69) is 19.8 Å². The summed E-state index contributed by atoms with van der Waals surface area (Å²) < 4.78 is 15.8. The second-order valence-electron chi connectivity index (χ2n) is 6.62. The van der Waals surface area contributed by atoms with Crippen molar-refractivity contribution in [2.24, 2.45) is 0 Å². The van der Waals surface area contributed by atoms with Crippen molar-refractivity contribution >= 4 is 22.6 Å².